The van der Waals surface area contributed by atoms with Crippen LogP contribution in [-0.2, 0) is 0 Å². The first-order valence-corrected chi connectivity index (χ1v) is 4.07. The normalized spacial score (nSPS) is 14.8. The minimum Gasteiger partial charge on any atom is -0.199 e. The zero-order chi connectivity index (χ0) is 10.9. The molecule has 0 aromatic carbocycles. The minimum absolute atomic E-state index is 0.633. The third-order valence-corrected chi connectivity index (χ3v) is 1.62. The van der Waals surface area contributed by atoms with Crippen LogP contribution in [0.15, 0.2) is 0 Å². The molecule has 13 heavy (non-hydrogen) atoms. The van der Waals surface area contributed by atoms with E-state index in [0.717, 1.165) is 0 Å². The van der Waals surface area contributed by atoms with Crippen molar-refractivity contribution in [1.82, 2.24) is 0 Å². The van der Waals surface area contributed by atoms with Gasteiger partial charge >= 0.3 is 18.0 Å². The Balaban J connectivity index is 4.81. The lowest BCUT2D eigenvalue weighted by Crippen LogP contribution is -2.52. The molecular formula is C5H4BrF7. The summed E-state index contributed by atoms with van der Waals surface area (Å²) in [7, 11) is 0. The molecule has 0 bridgehead atoms. The van der Waals surface area contributed by atoms with E-state index in [9.17, 15) is 30.7 Å². The molecule has 0 atom stereocenters. The molecule has 0 N–H and O–H groups in total. The highest BCUT2D eigenvalue weighted by Gasteiger charge is 2.72. The fourth-order valence-corrected chi connectivity index (χ4v) is 0.981. The van der Waals surface area contributed by atoms with Crippen molar-refractivity contribution in [2.45, 2.75) is 24.4 Å². The van der Waals surface area contributed by atoms with Crippen LogP contribution in [0, 0.1) is 0 Å². The van der Waals surface area contributed by atoms with Crippen LogP contribution >= 0.6 is 15.9 Å². The number of rotatable bonds is 3. The van der Waals surface area contributed by atoms with Crippen LogP contribution in [0.4, 0.5) is 30.7 Å². The van der Waals surface area contributed by atoms with E-state index in [1.54, 1.807) is 0 Å². The highest BCUT2D eigenvalue weighted by molar-refractivity contribution is 9.09. The Morgan fingerprint density at radius 1 is 0.846 bits per heavy atom. The van der Waals surface area contributed by atoms with E-state index in [2.05, 4.69) is 15.9 Å². The highest BCUT2D eigenvalue weighted by Crippen LogP contribution is 2.48. The maximum atomic E-state index is 12.2. The van der Waals surface area contributed by atoms with Crippen LogP contribution in [0.2, 0.25) is 0 Å². The zero-order valence-electron chi connectivity index (χ0n) is 5.94. The largest absolute Gasteiger partial charge is 0.459 e. The van der Waals surface area contributed by atoms with Crippen LogP contribution in [0.3, 0.4) is 0 Å². The van der Waals surface area contributed by atoms with Gasteiger partial charge in [0, 0.05) is 11.8 Å². The van der Waals surface area contributed by atoms with Crippen molar-refractivity contribution in [2.75, 3.05) is 5.33 Å². The Kier molecular flexibility index (Phi) is 3.62. The van der Waals surface area contributed by atoms with Crippen LogP contribution in [0.25, 0.3) is 0 Å². The van der Waals surface area contributed by atoms with Crippen molar-refractivity contribution < 1.29 is 30.7 Å². The lowest BCUT2D eigenvalue weighted by atomic mass is 10.1. The molecule has 0 amide bonds. The van der Waals surface area contributed by atoms with E-state index in [-0.39, 0.29) is 0 Å². The van der Waals surface area contributed by atoms with E-state index < -0.39 is 29.8 Å². The van der Waals surface area contributed by atoms with Gasteiger partial charge in [0.05, 0.1) is 0 Å². The molecule has 0 spiro atoms. The average Bonchev–Trinajstić information content (AvgIpc) is 1.84. The molecule has 0 aliphatic heterocycles. The van der Waals surface area contributed by atoms with Gasteiger partial charge in [0.15, 0.2) is 0 Å². The summed E-state index contributed by atoms with van der Waals surface area (Å²) < 4.78 is 82.6. The summed E-state index contributed by atoms with van der Waals surface area (Å²) in [6, 6.07) is 0. The van der Waals surface area contributed by atoms with Gasteiger partial charge in [-0.3, -0.25) is 0 Å². The maximum absolute atomic E-state index is 12.2. The Bertz CT molecular complexity index is 172. The second-order valence-corrected chi connectivity index (χ2v) is 3.01. The molecule has 0 fully saturated rings. The van der Waals surface area contributed by atoms with Gasteiger partial charge in [0.2, 0.25) is 0 Å². The van der Waals surface area contributed by atoms with Crippen molar-refractivity contribution in [3.8, 4) is 0 Å². The summed E-state index contributed by atoms with van der Waals surface area (Å²) in [5.74, 6) is -11.1. The summed E-state index contributed by atoms with van der Waals surface area (Å²) in [5, 5.41) is -0.633. The average molecular weight is 277 g/mol. The summed E-state index contributed by atoms with van der Waals surface area (Å²) in [6.07, 6.45) is -7.79. The van der Waals surface area contributed by atoms with Gasteiger partial charge in [-0.15, -0.1) is 0 Å². The van der Waals surface area contributed by atoms with Gasteiger partial charge in [-0.1, -0.05) is 15.9 Å². The Labute approximate surface area is 77.2 Å². The molecule has 0 aromatic rings. The molecule has 0 radical (unpaired) electrons. The quantitative estimate of drug-likeness (QED) is 0.546. The van der Waals surface area contributed by atoms with E-state index in [0.29, 0.717) is 0 Å². The topological polar surface area (TPSA) is 0 Å². The Morgan fingerprint density at radius 3 is 1.46 bits per heavy atom. The molecule has 0 unspecified atom stereocenters. The van der Waals surface area contributed by atoms with Crippen molar-refractivity contribution in [3.05, 3.63) is 0 Å². The predicted molar refractivity (Wildman–Crippen MR) is 34.4 cm³/mol. The summed E-state index contributed by atoms with van der Waals surface area (Å²) in [4.78, 5) is 0. The number of alkyl halides is 8. The lowest BCUT2D eigenvalue weighted by molar-refractivity contribution is -0.354. The highest BCUT2D eigenvalue weighted by atomic mass is 79.9. The molecular weight excluding hydrogens is 273 g/mol. The monoisotopic (exact) mass is 276 g/mol. The summed E-state index contributed by atoms with van der Waals surface area (Å²) >= 11 is 2.36. The van der Waals surface area contributed by atoms with Crippen molar-refractivity contribution >= 4 is 15.9 Å². The second-order valence-electron chi connectivity index (χ2n) is 2.22. The summed E-state index contributed by atoms with van der Waals surface area (Å²) in [6.45, 7) is 0. The van der Waals surface area contributed by atoms with E-state index in [1.165, 1.54) is 0 Å². The van der Waals surface area contributed by atoms with E-state index >= 15 is 0 Å². The van der Waals surface area contributed by atoms with Gasteiger partial charge < -0.3 is 0 Å². The molecule has 0 saturated heterocycles. The third kappa shape index (κ3) is 2.47. The van der Waals surface area contributed by atoms with Gasteiger partial charge in [0.25, 0.3) is 0 Å². The van der Waals surface area contributed by atoms with E-state index in [4.69, 9.17) is 0 Å². The molecule has 0 aliphatic rings. The Hall–Kier alpha value is -0.0100. The molecule has 0 rings (SSSR count). The number of hydrogen-bond acceptors (Lipinski definition) is 0. The SMILES string of the molecule is FC(F)(F)C(F)(F)C(F)(F)CCBr. The fraction of sp³-hybridized carbons (Fsp3) is 1.00. The Morgan fingerprint density at radius 2 is 1.23 bits per heavy atom. The van der Waals surface area contributed by atoms with Crippen LogP contribution in [-0.4, -0.2) is 23.4 Å². The maximum Gasteiger partial charge on any atom is 0.459 e. The predicted octanol–water partition coefficient (Wildman–Crippen LogP) is 3.60. The van der Waals surface area contributed by atoms with Crippen molar-refractivity contribution in [2.24, 2.45) is 0 Å². The van der Waals surface area contributed by atoms with E-state index in [1.807, 2.05) is 0 Å². The fourth-order valence-electron chi connectivity index (χ4n) is 0.483. The molecule has 80 valence electrons. The molecule has 0 aromatic heterocycles. The second kappa shape index (κ2) is 3.62. The molecule has 0 saturated carbocycles. The molecule has 0 heterocycles. The van der Waals surface area contributed by atoms with Crippen molar-refractivity contribution in [1.29, 1.82) is 0 Å². The zero-order valence-corrected chi connectivity index (χ0v) is 7.52. The van der Waals surface area contributed by atoms with Gasteiger partial charge in [0.1, 0.15) is 0 Å². The first-order valence-electron chi connectivity index (χ1n) is 2.94. The third-order valence-electron chi connectivity index (χ3n) is 1.22. The van der Waals surface area contributed by atoms with Crippen molar-refractivity contribution in [3.63, 3.8) is 0 Å². The first kappa shape index (κ1) is 13.0. The van der Waals surface area contributed by atoms with Gasteiger partial charge in [-0.2, -0.15) is 30.7 Å². The van der Waals surface area contributed by atoms with Crippen LogP contribution in [0.1, 0.15) is 6.42 Å². The number of halogens is 8. The smallest absolute Gasteiger partial charge is 0.199 e. The first-order chi connectivity index (χ1) is 5.56. The van der Waals surface area contributed by atoms with Crippen LogP contribution in [0.5, 0.6) is 0 Å². The lowest BCUT2D eigenvalue weighted by Gasteiger charge is -2.27. The minimum atomic E-state index is -6.22. The van der Waals surface area contributed by atoms with Crippen LogP contribution < -0.4 is 0 Å². The van der Waals surface area contributed by atoms with Gasteiger partial charge in [-0.05, 0) is 0 Å². The standard InChI is InChI=1S/C5H4BrF7/c6-2-1-3(7,8)4(9,10)5(11,12)13/h1-2H2. The molecule has 0 aliphatic carbocycles. The van der Waals surface area contributed by atoms with Gasteiger partial charge in [-0.25, -0.2) is 0 Å². The summed E-state index contributed by atoms with van der Waals surface area (Å²) in [5.41, 5.74) is 0. The number of hydrogen-bond donors (Lipinski definition) is 0. The molecule has 0 nitrogen and oxygen atoms in total. The molecule has 8 heteroatoms.